The molecule has 0 bridgehead atoms. The van der Waals surface area contributed by atoms with Crippen LogP contribution in [0.5, 0.6) is 0 Å². The van der Waals surface area contributed by atoms with Gasteiger partial charge >= 0.3 is 0 Å². The third-order valence-corrected chi connectivity index (χ3v) is 2.31. The van der Waals surface area contributed by atoms with Gasteiger partial charge in [-0.25, -0.2) is 0 Å². The van der Waals surface area contributed by atoms with E-state index in [1.54, 1.807) is 7.11 Å². The van der Waals surface area contributed by atoms with Crippen molar-refractivity contribution >= 4 is 5.69 Å². The largest absolute Gasteiger partial charge is 0.383 e. The lowest BCUT2D eigenvalue weighted by atomic mass is 10.2. The molecular formula is C12H15N3O2. The van der Waals surface area contributed by atoms with Crippen LogP contribution in [0.2, 0.25) is 0 Å². The average molecular weight is 233 g/mol. The highest BCUT2D eigenvalue weighted by atomic mass is 16.5. The van der Waals surface area contributed by atoms with Gasteiger partial charge < -0.3 is 14.6 Å². The number of methoxy groups -OCH3 is 1. The van der Waals surface area contributed by atoms with Gasteiger partial charge in [0, 0.05) is 24.4 Å². The Hall–Kier alpha value is -1.88. The van der Waals surface area contributed by atoms with E-state index in [2.05, 4.69) is 22.4 Å². The van der Waals surface area contributed by atoms with E-state index in [4.69, 9.17) is 9.26 Å². The van der Waals surface area contributed by atoms with E-state index in [0.29, 0.717) is 12.4 Å². The van der Waals surface area contributed by atoms with Crippen LogP contribution in [0.15, 0.2) is 35.2 Å². The number of rotatable bonds is 5. The molecule has 5 heteroatoms. The molecule has 0 spiro atoms. The normalized spacial score (nSPS) is 12.4. The lowest BCUT2D eigenvalue weighted by molar-refractivity contribution is 0.190. The fraction of sp³-hybridized carbons (Fsp3) is 0.333. The Morgan fingerprint density at radius 1 is 1.47 bits per heavy atom. The third kappa shape index (κ3) is 3.04. The van der Waals surface area contributed by atoms with E-state index in [9.17, 15) is 0 Å². The second kappa shape index (κ2) is 5.45. The van der Waals surface area contributed by atoms with Crippen LogP contribution >= 0.6 is 0 Å². The minimum Gasteiger partial charge on any atom is -0.383 e. The van der Waals surface area contributed by atoms with Crippen molar-refractivity contribution in [1.29, 1.82) is 0 Å². The van der Waals surface area contributed by atoms with Crippen molar-refractivity contribution in [3.05, 3.63) is 30.7 Å². The van der Waals surface area contributed by atoms with Crippen molar-refractivity contribution in [2.75, 3.05) is 19.0 Å². The molecule has 1 aromatic carbocycles. The fourth-order valence-electron chi connectivity index (χ4n) is 1.62. The van der Waals surface area contributed by atoms with Crippen molar-refractivity contribution in [2.45, 2.75) is 13.0 Å². The molecule has 1 N–H and O–H groups in total. The van der Waals surface area contributed by atoms with Gasteiger partial charge in [-0.05, 0) is 19.1 Å². The van der Waals surface area contributed by atoms with Crippen LogP contribution in [-0.4, -0.2) is 29.9 Å². The van der Waals surface area contributed by atoms with Gasteiger partial charge in [-0.1, -0.05) is 17.3 Å². The van der Waals surface area contributed by atoms with E-state index < -0.39 is 0 Å². The molecule has 0 fully saturated rings. The fourth-order valence-corrected chi connectivity index (χ4v) is 1.62. The first kappa shape index (κ1) is 11.6. The summed E-state index contributed by atoms with van der Waals surface area (Å²) in [5, 5.41) is 7.14. The van der Waals surface area contributed by atoms with E-state index in [1.165, 1.54) is 6.39 Å². The van der Waals surface area contributed by atoms with Crippen LogP contribution in [0.1, 0.15) is 6.92 Å². The van der Waals surface area contributed by atoms with Gasteiger partial charge in [0.15, 0.2) is 0 Å². The molecular weight excluding hydrogens is 218 g/mol. The maximum atomic E-state index is 5.08. The Bertz CT molecular complexity index is 457. The predicted octanol–water partition coefficient (Wildman–Crippen LogP) is 2.18. The maximum Gasteiger partial charge on any atom is 0.214 e. The van der Waals surface area contributed by atoms with Gasteiger partial charge in [0.25, 0.3) is 0 Å². The van der Waals surface area contributed by atoms with Crippen LogP contribution in [-0.2, 0) is 4.74 Å². The summed E-state index contributed by atoms with van der Waals surface area (Å²) in [4.78, 5) is 4.01. The van der Waals surface area contributed by atoms with Crippen molar-refractivity contribution in [3.8, 4) is 11.4 Å². The number of ether oxygens (including phenoxy) is 1. The van der Waals surface area contributed by atoms with Gasteiger partial charge in [-0.2, -0.15) is 4.98 Å². The minimum atomic E-state index is 0.250. The first-order valence-corrected chi connectivity index (χ1v) is 5.42. The Morgan fingerprint density at radius 2 is 2.35 bits per heavy atom. The average Bonchev–Trinajstić information content (AvgIpc) is 2.83. The van der Waals surface area contributed by atoms with Crippen LogP contribution < -0.4 is 5.32 Å². The van der Waals surface area contributed by atoms with E-state index in [0.717, 1.165) is 11.3 Å². The van der Waals surface area contributed by atoms with Crippen LogP contribution in [0, 0.1) is 0 Å². The molecule has 0 aliphatic heterocycles. The molecule has 0 radical (unpaired) electrons. The lowest BCUT2D eigenvalue weighted by Gasteiger charge is -2.14. The summed E-state index contributed by atoms with van der Waals surface area (Å²) in [6, 6.07) is 8.12. The monoisotopic (exact) mass is 233 g/mol. The number of nitrogens with one attached hydrogen (secondary N) is 1. The second-order valence-electron chi connectivity index (χ2n) is 3.84. The van der Waals surface area contributed by atoms with Gasteiger partial charge in [-0.15, -0.1) is 0 Å². The van der Waals surface area contributed by atoms with Crippen molar-refractivity contribution in [2.24, 2.45) is 0 Å². The number of anilines is 1. The molecule has 0 unspecified atom stereocenters. The number of nitrogens with zero attached hydrogens (tertiary/aromatic N) is 2. The maximum absolute atomic E-state index is 5.08. The summed E-state index contributed by atoms with van der Waals surface area (Å²) in [5.41, 5.74) is 1.94. The van der Waals surface area contributed by atoms with Crippen molar-refractivity contribution < 1.29 is 9.26 Å². The molecule has 17 heavy (non-hydrogen) atoms. The first-order valence-electron chi connectivity index (χ1n) is 5.42. The van der Waals surface area contributed by atoms with Gasteiger partial charge in [0.1, 0.15) is 0 Å². The molecule has 90 valence electrons. The number of benzene rings is 1. The van der Waals surface area contributed by atoms with E-state index >= 15 is 0 Å². The Kier molecular flexibility index (Phi) is 3.72. The summed E-state index contributed by atoms with van der Waals surface area (Å²) in [7, 11) is 1.69. The molecule has 0 saturated carbocycles. The molecule has 0 aliphatic carbocycles. The molecule has 0 saturated heterocycles. The topological polar surface area (TPSA) is 60.2 Å². The van der Waals surface area contributed by atoms with Crippen LogP contribution in [0.3, 0.4) is 0 Å². The summed E-state index contributed by atoms with van der Waals surface area (Å²) in [6.45, 7) is 2.72. The Balaban J connectivity index is 2.12. The zero-order chi connectivity index (χ0) is 12.1. The number of hydrogen-bond acceptors (Lipinski definition) is 5. The second-order valence-corrected chi connectivity index (χ2v) is 3.84. The third-order valence-electron chi connectivity index (χ3n) is 2.31. The van der Waals surface area contributed by atoms with Gasteiger partial charge in [-0.3, -0.25) is 0 Å². The van der Waals surface area contributed by atoms with Gasteiger partial charge in [0.05, 0.1) is 6.61 Å². The predicted molar refractivity (Wildman–Crippen MR) is 64.7 cm³/mol. The quantitative estimate of drug-likeness (QED) is 0.857. The molecule has 1 aromatic heterocycles. The SMILES string of the molecule is COC[C@H](C)Nc1cccc(-c2ncon2)c1. The zero-order valence-electron chi connectivity index (χ0n) is 9.88. The highest BCUT2D eigenvalue weighted by Crippen LogP contribution is 2.19. The first-order chi connectivity index (χ1) is 8.29. The summed E-state index contributed by atoms with van der Waals surface area (Å²) in [6.07, 6.45) is 1.32. The zero-order valence-corrected chi connectivity index (χ0v) is 9.88. The standard InChI is InChI=1S/C12H15N3O2/c1-9(7-16-2)14-11-5-3-4-10(6-11)12-13-8-17-15-12/h3-6,8-9,14H,7H2,1-2H3/t9-/m0/s1. The molecule has 1 heterocycles. The van der Waals surface area contributed by atoms with Crippen molar-refractivity contribution in [3.63, 3.8) is 0 Å². The molecule has 0 amide bonds. The van der Waals surface area contributed by atoms with Gasteiger partial charge in [0.2, 0.25) is 12.2 Å². The smallest absolute Gasteiger partial charge is 0.214 e. The van der Waals surface area contributed by atoms with Crippen LogP contribution in [0.4, 0.5) is 5.69 Å². The van der Waals surface area contributed by atoms with E-state index in [-0.39, 0.29) is 6.04 Å². The lowest BCUT2D eigenvalue weighted by Crippen LogP contribution is -2.20. The highest BCUT2D eigenvalue weighted by Gasteiger charge is 2.05. The molecule has 2 rings (SSSR count). The Morgan fingerprint density at radius 3 is 3.06 bits per heavy atom. The summed E-state index contributed by atoms with van der Waals surface area (Å²) < 4.78 is 9.80. The van der Waals surface area contributed by atoms with Crippen molar-refractivity contribution in [1.82, 2.24) is 10.1 Å². The number of aromatic nitrogens is 2. The molecule has 1 atom stereocenters. The Labute approximate surface area is 99.8 Å². The highest BCUT2D eigenvalue weighted by molar-refractivity contribution is 5.61. The number of hydrogen-bond donors (Lipinski definition) is 1. The molecule has 5 nitrogen and oxygen atoms in total. The summed E-state index contributed by atoms with van der Waals surface area (Å²) in [5.74, 6) is 0.591. The minimum absolute atomic E-state index is 0.250. The van der Waals surface area contributed by atoms with E-state index in [1.807, 2.05) is 24.3 Å². The molecule has 2 aromatic rings. The molecule has 0 aliphatic rings. The van der Waals surface area contributed by atoms with Crippen LogP contribution in [0.25, 0.3) is 11.4 Å². The summed E-state index contributed by atoms with van der Waals surface area (Å²) >= 11 is 0.